The van der Waals surface area contributed by atoms with Gasteiger partial charge in [-0.3, -0.25) is 9.59 Å². The maximum atomic E-state index is 13.8. The number of rotatable bonds is 5. The lowest BCUT2D eigenvalue weighted by Crippen LogP contribution is -2.45. The number of amides is 2. The van der Waals surface area contributed by atoms with E-state index in [1.807, 2.05) is 24.0 Å². The fourth-order valence-electron chi connectivity index (χ4n) is 5.23. The lowest BCUT2D eigenvalue weighted by atomic mass is 10.1. The van der Waals surface area contributed by atoms with Gasteiger partial charge in [0.25, 0.3) is 11.8 Å². The van der Waals surface area contributed by atoms with Gasteiger partial charge in [-0.15, -0.1) is 11.3 Å². The highest BCUT2D eigenvalue weighted by Crippen LogP contribution is 2.50. The highest BCUT2D eigenvalue weighted by molar-refractivity contribution is 7.15. The van der Waals surface area contributed by atoms with Gasteiger partial charge in [-0.25, -0.2) is 9.37 Å². The SMILES string of the molecule is Cc1nc(C(=O)N2CC3CC3C2CNC(=O)c2ccc3c(c2)CCO3)c(-c2cccc(F)c2)s1. The number of carbonyl (C=O) groups excluding carboxylic acids is 2. The van der Waals surface area contributed by atoms with Gasteiger partial charge in [0.05, 0.1) is 22.5 Å². The number of fused-ring (bicyclic) bond motifs is 2. The first kappa shape index (κ1) is 21.3. The zero-order valence-electron chi connectivity index (χ0n) is 18.7. The maximum Gasteiger partial charge on any atom is 0.274 e. The zero-order valence-corrected chi connectivity index (χ0v) is 19.5. The van der Waals surface area contributed by atoms with E-state index in [0.29, 0.717) is 53.2 Å². The topological polar surface area (TPSA) is 71.5 Å². The fraction of sp³-hybridized carbons (Fsp3) is 0.346. The average molecular weight is 478 g/mol. The van der Waals surface area contributed by atoms with E-state index in [1.54, 1.807) is 18.2 Å². The van der Waals surface area contributed by atoms with E-state index in [2.05, 4.69) is 10.3 Å². The van der Waals surface area contributed by atoms with E-state index in [4.69, 9.17) is 4.74 Å². The third-order valence-electron chi connectivity index (χ3n) is 7.01. The standard InChI is InChI=1S/C26H24FN3O3S/c1-14-29-23(24(34-14)16-3-2-4-19(27)10-16)26(32)30-13-18-11-20(18)21(30)12-28-25(31)17-5-6-22-15(9-17)7-8-33-22/h2-6,9-10,18,20-21H,7-8,11-13H2,1H3,(H,28,31). The molecule has 3 heterocycles. The van der Waals surface area contributed by atoms with Crippen LogP contribution in [-0.4, -0.2) is 47.4 Å². The maximum absolute atomic E-state index is 13.8. The van der Waals surface area contributed by atoms with Gasteiger partial charge in [0.1, 0.15) is 17.3 Å². The molecular weight excluding hydrogens is 453 g/mol. The van der Waals surface area contributed by atoms with Crippen molar-refractivity contribution in [1.29, 1.82) is 0 Å². The summed E-state index contributed by atoms with van der Waals surface area (Å²) in [5.41, 5.74) is 2.68. The minimum atomic E-state index is -0.344. The Morgan fingerprint density at radius 1 is 1.26 bits per heavy atom. The number of aryl methyl sites for hydroxylation is 1. The monoisotopic (exact) mass is 477 g/mol. The number of nitrogens with one attached hydrogen (secondary N) is 1. The Labute approximate surface area is 200 Å². The van der Waals surface area contributed by atoms with Crippen LogP contribution in [0.25, 0.3) is 10.4 Å². The van der Waals surface area contributed by atoms with Crippen LogP contribution in [0, 0.1) is 24.6 Å². The summed E-state index contributed by atoms with van der Waals surface area (Å²) in [5.74, 6) is 1.08. The summed E-state index contributed by atoms with van der Waals surface area (Å²) in [7, 11) is 0. The van der Waals surface area contributed by atoms with Crippen LogP contribution in [0.15, 0.2) is 42.5 Å². The minimum Gasteiger partial charge on any atom is -0.493 e. The number of hydrogen-bond acceptors (Lipinski definition) is 5. The largest absolute Gasteiger partial charge is 0.493 e. The Morgan fingerprint density at radius 2 is 2.15 bits per heavy atom. The summed E-state index contributed by atoms with van der Waals surface area (Å²) < 4.78 is 19.4. The van der Waals surface area contributed by atoms with Gasteiger partial charge in [-0.2, -0.15) is 0 Å². The minimum absolute atomic E-state index is 0.0680. The van der Waals surface area contributed by atoms with E-state index in [0.717, 1.165) is 29.2 Å². The van der Waals surface area contributed by atoms with Gasteiger partial charge >= 0.3 is 0 Å². The summed E-state index contributed by atoms with van der Waals surface area (Å²) in [6, 6.07) is 11.7. The Hall–Kier alpha value is -3.26. The first-order chi connectivity index (χ1) is 16.5. The van der Waals surface area contributed by atoms with Crippen molar-refractivity contribution in [3.8, 4) is 16.2 Å². The Balaban J connectivity index is 1.20. The number of likely N-dealkylation sites (tertiary alicyclic amines) is 1. The van der Waals surface area contributed by atoms with Gasteiger partial charge in [-0.1, -0.05) is 12.1 Å². The second kappa shape index (κ2) is 8.20. The normalized spacial score (nSPS) is 22.2. The van der Waals surface area contributed by atoms with Crippen molar-refractivity contribution in [2.45, 2.75) is 25.8 Å². The molecule has 2 aliphatic heterocycles. The van der Waals surface area contributed by atoms with E-state index in [-0.39, 0.29) is 23.7 Å². The molecule has 0 spiro atoms. The summed E-state index contributed by atoms with van der Waals surface area (Å²) in [6.07, 6.45) is 1.89. The molecular formula is C26H24FN3O3S. The fourth-order valence-corrected chi connectivity index (χ4v) is 6.13. The first-order valence-electron chi connectivity index (χ1n) is 11.6. The molecule has 34 heavy (non-hydrogen) atoms. The summed E-state index contributed by atoms with van der Waals surface area (Å²) >= 11 is 1.40. The van der Waals surface area contributed by atoms with Crippen LogP contribution in [0.2, 0.25) is 0 Å². The van der Waals surface area contributed by atoms with Crippen LogP contribution in [0.1, 0.15) is 37.8 Å². The number of thiazole rings is 1. The molecule has 3 atom stereocenters. The smallest absolute Gasteiger partial charge is 0.274 e. The molecule has 1 aliphatic carbocycles. The summed E-state index contributed by atoms with van der Waals surface area (Å²) in [5, 5.41) is 3.80. The van der Waals surface area contributed by atoms with E-state index >= 15 is 0 Å². The summed E-state index contributed by atoms with van der Waals surface area (Å²) in [6.45, 7) is 3.57. The third-order valence-corrected chi connectivity index (χ3v) is 8.03. The van der Waals surface area contributed by atoms with Crippen LogP contribution >= 0.6 is 11.3 Å². The van der Waals surface area contributed by atoms with Crippen molar-refractivity contribution in [2.75, 3.05) is 19.7 Å². The molecule has 0 radical (unpaired) electrons. The molecule has 6 nitrogen and oxygen atoms in total. The van der Waals surface area contributed by atoms with Gasteiger partial charge in [0.2, 0.25) is 0 Å². The molecule has 1 N–H and O–H groups in total. The number of benzene rings is 2. The van der Waals surface area contributed by atoms with Crippen molar-refractivity contribution in [2.24, 2.45) is 11.8 Å². The first-order valence-corrected chi connectivity index (χ1v) is 12.4. The highest BCUT2D eigenvalue weighted by atomic mass is 32.1. The van der Waals surface area contributed by atoms with Crippen molar-refractivity contribution >= 4 is 23.2 Å². The van der Waals surface area contributed by atoms with E-state index in [1.165, 1.54) is 23.5 Å². The predicted molar refractivity (Wildman–Crippen MR) is 127 cm³/mol. The molecule has 6 rings (SSSR count). The lowest BCUT2D eigenvalue weighted by Gasteiger charge is -2.27. The Kier molecular flexibility index (Phi) is 5.13. The van der Waals surface area contributed by atoms with Gasteiger partial charge in [0, 0.05) is 25.1 Å². The molecule has 1 aromatic heterocycles. The molecule has 174 valence electrons. The molecule has 8 heteroatoms. The molecule has 3 unspecified atom stereocenters. The molecule has 2 aromatic carbocycles. The molecule has 0 bridgehead atoms. The molecule has 3 aliphatic rings. The van der Waals surface area contributed by atoms with Crippen LogP contribution in [0.3, 0.4) is 0 Å². The highest BCUT2D eigenvalue weighted by Gasteiger charge is 2.54. The second-order valence-electron chi connectivity index (χ2n) is 9.24. The molecule has 3 aromatic rings. The van der Waals surface area contributed by atoms with Crippen molar-refractivity contribution in [1.82, 2.24) is 15.2 Å². The Morgan fingerprint density at radius 3 is 3.00 bits per heavy atom. The molecule has 2 fully saturated rings. The number of aromatic nitrogens is 1. The van der Waals surface area contributed by atoms with Crippen LogP contribution in [-0.2, 0) is 6.42 Å². The Bertz CT molecular complexity index is 1310. The van der Waals surface area contributed by atoms with Crippen molar-refractivity contribution < 1.29 is 18.7 Å². The quantitative estimate of drug-likeness (QED) is 0.601. The van der Waals surface area contributed by atoms with E-state index in [9.17, 15) is 14.0 Å². The van der Waals surface area contributed by atoms with Crippen LogP contribution in [0.4, 0.5) is 4.39 Å². The number of carbonyl (C=O) groups is 2. The molecule has 2 amide bonds. The predicted octanol–water partition coefficient (Wildman–Crippen LogP) is 4.08. The number of hydrogen-bond donors (Lipinski definition) is 1. The second-order valence-corrected chi connectivity index (χ2v) is 10.4. The molecule has 1 saturated heterocycles. The zero-order chi connectivity index (χ0) is 23.4. The van der Waals surface area contributed by atoms with Gasteiger partial charge in [0.15, 0.2) is 0 Å². The number of ether oxygens (including phenoxy) is 1. The van der Waals surface area contributed by atoms with Crippen molar-refractivity contribution in [3.63, 3.8) is 0 Å². The number of halogens is 1. The van der Waals surface area contributed by atoms with Crippen LogP contribution in [0.5, 0.6) is 5.75 Å². The van der Waals surface area contributed by atoms with Gasteiger partial charge < -0.3 is 15.0 Å². The summed E-state index contributed by atoms with van der Waals surface area (Å²) in [4.78, 5) is 33.5. The van der Waals surface area contributed by atoms with Crippen molar-refractivity contribution in [3.05, 3.63) is 70.1 Å². The van der Waals surface area contributed by atoms with Gasteiger partial charge in [-0.05, 0) is 66.6 Å². The third kappa shape index (κ3) is 3.76. The van der Waals surface area contributed by atoms with E-state index < -0.39 is 0 Å². The average Bonchev–Trinajstić information content (AvgIpc) is 3.15. The number of nitrogens with zero attached hydrogens (tertiary/aromatic N) is 2. The number of piperidine rings is 1. The lowest BCUT2D eigenvalue weighted by molar-refractivity contribution is 0.0690. The van der Waals surface area contributed by atoms with Crippen LogP contribution < -0.4 is 10.1 Å². The molecule has 1 saturated carbocycles.